The van der Waals surface area contributed by atoms with E-state index in [2.05, 4.69) is 71.5 Å². The summed E-state index contributed by atoms with van der Waals surface area (Å²) >= 11 is 0. The van der Waals surface area contributed by atoms with Crippen LogP contribution in [0.25, 0.3) is 16.9 Å². The first kappa shape index (κ1) is 21.9. The Morgan fingerprint density at radius 2 is 1.29 bits per heavy atom. The van der Waals surface area contributed by atoms with Crippen molar-refractivity contribution < 1.29 is 4.57 Å². The lowest BCUT2D eigenvalue weighted by atomic mass is 9.67. The Kier molecular flexibility index (Phi) is 5.23. The van der Waals surface area contributed by atoms with Crippen LogP contribution >= 0.6 is 0 Å². The molecule has 3 fully saturated rings. The highest BCUT2D eigenvalue weighted by atomic mass is 15.3. The van der Waals surface area contributed by atoms with E-state index in [1.807, 2.05) is 0 Å². The number of fused-ring (bicyclic) bond motifs is 3. The van der Waals surface area contributed by atoms with Crippen molar-refractivity contribution in [3.8, 4) is 16.9 Å². The number of aromatic nitrogens is 2. The molecule has 0 amide bonds. The van der Waals surface area contributed by atoms with Crippen LogP contribution in [0.1, 0.15) is 106 Å². The lowest BCUT2D eigenvalue weighted by Crippen LogP contribution is -2.64. The van der Waals surface area contributed by atoms with Crippen molar-refractivity contribution in [3.05, 3.63) is 71.2 Å². The van der Waals surface area contributed by atoms with Crippen LogP contribution in [0.5, 0.6) is 0 Å². The molecule has 3 aliphatic carbocycles. The van der Waals surface area contributed by atoms with Gasteiger partial charge in [-0.1, -0.05) is 81.0 Å². The lowest BCUT2D eigenvalue weighted by Gasteiger charge is -2.41. The summed E-state index contributed by atoms with van der Waals surface area (Å²) in [6.07, 6.45) is 16.7. The third-order valence-corrected chi connectivity index (χ3v) is 10.4. The highest BCUT2D eigenvalue weighted by Gasteiger charge is 2.61. The van der Waals surface area contributed by atoms with Gasteiger partial charge in [0.15, 0.2) is 11.4 Å². The summed E-state index contributed by atoms with van der Waals surface area (Å²) in [5.74, 6) is 3.84. The largest absolute Gasteiger partial charge is 0.266 e. The molecule has 182 valence electrons. The Labute approximate surface area is 211 Å². The zero-order valence-electron chi connectivity index (χ0n) is 21.7. The van der Waals surface area contributed by atoms with E-state index >= 15 is 0 Å². The monoisotopic (exact) mass is 465 g/mol. The zero-order chi connectivity index (χ0) is 23.6. The minimum atomic E-state index is 0.148. The molecule has 2 heterocycles. The number of nitrogens with zero attached hydrogens (tertiary/aromatic N) is 2. The highest BCUT2D eigenvalue weighted by molar-refractivity contribution is 5.69. The number of hydrogen-bond donors (Lipinski definition) is 0. The number of hydrogen-bond acceptors (Lipinski definition) is 0. The molecule has 0 saturated heterocycles. The van der Waals surface area contributed by atoms with E-state index in [0.717, 1.165) is 11.8 Å². The number of para-hydroxylation sites is 1. The molecule has 2 aromatic carbocycles. The van der Waals surface area contributed by atoms with Crippen molar-refractivity contribution in [2.45, 2.75) is 102 Å². The average molecular weight is 466 g/mol. The van der Waals surface area contributed by atoms with Gasteiger partial charge in [-0.2, -0.15) is 4.57 Å². The molecule has 3 saturated carbocycles. The van der Waals surface area contributed by atoms with Gasteiger partial charge in [-0.15, -0.1) is 0 Å². The number of rotatable bonds is 4. The van der Waals surface area contributed by atoms with Gasteiger partial charge in [0.2, 0.25) is 0 Å². The predicted octanol–water partition coefficient (Wildman–Crippen LogP) is 8.14. The van der Waals surface area contributed by atoms with Gasteiger partial charge in [-0.3, -0.25) is 0 Å². The van der Waals surface area contributed by atoms with Gasteiger partial charge >= 0.3 is 0 Å². The Morgan fingerprint density at radius 3 is 1.94 bits per heavy atom. The molecular weight excluding hydrogens is 424 g/mol. The molecule has 3 aromatic rings. The molecule has 0 unspecified atom stereocenters. The van der Waals surface area contributed by atoms with Crippen molar-refractivity contribution in [1.82, 2.24) is 4.57 Å². The van der Waals surface area contributed by atoms with Crippen molar-refractivity contribution in [3.63, 3.8) is 0 Å². The van der Waals surface area contributed by atoms with Crippen LogP contribution in [-0.2, 0) is 5.54 Å². The third-order valence-electron chi connectivity index (χ3n) is 10.4. The van der Waals surface area contributed by atoms with Crippen molar-refractivity contribution in [2.75, 3.05) is 0 Å². The standard InChI is InChI=1S/C33H41N2/c1-23-13-3-12-22-30(23)34-24(2)31-28-20-10-11-21-29(28)33(26-16-6-7-17-26,27-18-8-9-19-27)35(31)32(34)25-14-4-5-15-25/h3,10-13,20-22,25-27H,4-9,14-19H2,1-2H3/q+1. The summed E-state index contributed by atoms with van der Waals surface area (Å²) in [6.45, 7) is 4.73. The molecule has 1 aromatic heterocycles. The number of benzene rings is 2. The lowest BCUT2D eigenvalue weighted by molar-refractivity contribution is -0.762. The first-order valence-electron chi connectivity index (χ1n) is 14.6. The molecule has 0 bridgehead atoms. The van der Waals surface area contributed by atoms with Gasteiger partial charge in [0.25, 0.3) is 5.82 Å². The Hall–Kier alpha value is -2.35. The summed E-state index contributed by atoms with van der Waals surface area (Å²) in [5, 5.41) is 0. The van der Waals surface area contributed by atoms with Crippen LogP contribution in [0.4, 0.5) is 0 Å². The minimum absolute atomic E-state index is 0.148. The van der Waals surface area contributed by atoms with Crippen LogP contribution in [0, 0.1) is 25.7 Å². The first-order chi connectivity index (χ1) is 17.2. The minimum Gasteiger partial charge on any atom is -0.216 e. The van der Waals surface area contributed by atoms with E-state index in [9.17, 15) is 0 Å². The topological polar surface area (TPSA) is 8.81 Å². The summed E-state index contributed by atoms with van der Waals surface area (Å²) in [5.41, 5.74) is 9.16. The number of imidazole rings is 1. The third kappa shape index (κ3) is 2.98. The van der Waals surface area contributed by atoms with E-state index in [1.165, 1.54) is 99.6 Å². The van der Waals surface area contributed by atoms with Crippen LogP contribution in [-0.4, -0.2) is 4.57 Å². The van der Waals surface area contributed by atoms with E-state index in [-0.39, 0.29) is 5.54 Å². The van der Waals surface area contributed by atoms with Gasteiger partial charge in [-0.25, -0.2) is 4.57 Å². The smallest absolute Gasteiger partial charge is 0.216 e. The normalized spacial score (nSPS) is 22.2. The van der Waals surface area contributed by atoms with Crippen LogP contribution < -0.4 is 4.57 Å². The Bertz CT molecular complexity index is 1230. The average Bonchev–Trinajstić information content (AvgIpc) is 3.70. The van der Waals surface area contributed by atoms with Gasteiger partial charge in [0.1, 0.15) is 11.2 Å². The van der Waals surface area contributed by atoms with E-state index in [1.54, 1.807) is 17.1 Å². The van der Waals surface area contributed by atoms with E-state index in [4.69, 9.17) is 0 Å². The second kappa shape index (κ2) is 8.36. The molecule has 4 aliphatic rings. The molecule has 0 N–H and O–H groups in total. The van der Waals surface area contributed by atoms with Crippen molar-refractivity contribution in [1.29, 1.82) is 0 Å². The molecular formula is C33H41N2+. The maximum absolute atomic E-state index is 3.03. The molecule has 0 spiro atoms. The van der Waals surface area contributed by atoms with E-state index < -0.39 is 0 Å². The van der Waals surface area contributed by atoms with E-state index in [0.29, 0.717) is 5.92 Å². The Morgan fingerprint density at radius 1 is 0.714 bits per heavy atom. The SMILES string of the molecule is Cc1ccccc1-n1c(C)c2[n+](c1C1CCCC1)C(C1CCCC1)(C1CCCC1)c1ccccc1-2. The number of aryl methyl sites for hydroxylation is 1. The molecule has 7 rings (SSSR count). The van der Waals surface area contributed by atoms with Gasteiger partial charge in [0.05, 0.1) is 5.92 Å². The highest BCUT2D eigenvalue weighted by Crippen LogP contribution is 2.57. The summed E-state index contributed by atoms with van der Waals surface area (Å²) in [4.78, 5) is 0. The predicted molar refractivity (Wildman–Crippen MR) is 143 cm³/mol. The molecule has 0 radical (unpaired) electrons. The fourth-order valence-corrected chi connectivity index (χ4v) is 9.04. The maximum atomic E-state index is 3.03. The van der Waals surface area contributed by atoms with Gasteiger partial charge < -0.3 is 0 Å². The van der Waals surface area contributed by atoms with Crippen molar-refractivity contribution in [2.24, 2.45) is 11.8 Å². The fraction of sp³-hybridized carbons (Fsp3) is 0.545. The quantitative estimate of drug-likeness (QED) is 0.344. The van der Waals surface area contributed by atoms with Crippen LogP contribution in [0.15, 0.2) is 48.5 Å². The fourth-order valence-electron chi connectivity index (χ4n) is 9.04. The van der Waals surface area contributed by atoms with Crippen LogP contribution in [0.2, 0.25) is 0 Å². The summed E-state index contributed by atoms with van der Waals surface area (Å²) in [6, 6.07) is 18.7. The van der Waals surface area contributed by atoms with Crippen molar-refractivity contribution >= 4 is 0 Å². The van der Waals surface area contributed by atoms with Gasteiger partial charge in [0, 0.05) is 29.9 Å². The molecule has 0 atom stereocenters. The second-order valence-corrected chi connectivity index (χ2v) is 12.1. The summed E-state index contributed by atoms with van der Waals surface area (Å²) in [7, 11) is 0. The maximum Gasteiger partial charge on any atom is 0.266 e. The second-order valence-electron chi connectivity index (χ2n) is 12.1. The molecule has 2 nitrogen and oxygen atoms in total. The van der Waals surface area contributed by atoms with Crippen LogP contribution in [0.3, 0.4) is 0 Å². The molecule has 2 heteroatoms. The zero-order valence-corrected chi connectivity index (χ0v) is 21.7. The Balaban J connectivity index is 1.61. The first-order valence-corrected chi connectivity index (χ1v) is 14.6. The summed E-state index contributed by atoms with van der Waals surface area (Å²) < 4.78 is 5.76. The molecule has 35 heavy (non-hydrogen) atoms. The molecule has 1 aliphatic heterocycles. The van der Waals surface area contributed by atoms with Gasteiger partial charge in [-0.05, 0) is 57.1 Å².